The molecular formula is C16H19NO3S. The first-order valence-corrected chi connectivity index (χ1v) is 7.63. The zero-order chi connectivity index (χ0) is 15.6. The molecule has 1 aromatic heterocycles. The molecule has 112 valence electrons. The van der Waals surface area contributed by atoms with Crippen LogP contribution in [0, 0.1) is 13.8 Å². The Kier molecular flexibility index (Phi) is 4.63. The second kappa shape index (κ2) is 6.26. The molecule has 5 heteroatoms. The van der Waals surface area contributed by atoms with Crippen LogP contribution < -0.4 is 4.74 Å². The first-order chi connectivity index (χ1) is 9.90. The molecule has 0 aliphatic carbocycles. The largest absolute Gasteiger partial charge is 0.487 e. The summed E-state index contributed by atoms with van der Waals surface area (Å²) in [6, 6.07) is 5.92. The number of hydrogen-bond donors (Lipinski definition) is 1. The van der Waals surface area contributed by atoms with Gasteiger partial charge in [0.25, 0.3) is 0 Å². The molecule has 0 bridgehead atoms. The molecule has 1 N–H and O–H groups in total. The average molecular weight is 305 g/mol. The van der Waals surface area contributed by atoms with Crippen molar-refractivity contribution in [3.63, 3.8) is 0 Å². The van der Waals surface area contributed by atoms with E-state index < -0.39 is 5.97 Å². The van der Waals surface area contributed by atoms with Gasteiger partial charge in [0.2, 0.25) is 0 Å². The van der Waals surface area contributed by atoms with Gasteiger partial charge in [0.05, 0.1) is 5.01 Å². The van der Waals surface area contributed by atoms with Crippen molar-refractivity contribution in [2.45, 2.75) is 40.2 Å². The monoisotopic (exact) mass is 305 g/mol. The summed E-state index contributed by atoms with van der Waals surface area (Å²) in [5.74, 6) is 0.0643. The third kappa shape index (κ3) is 3.42. The Morgan fingerprint density at radius 2 is 1.95 bits per heavy atom. The van der Waals surface area contributed by atoms with E-state index in [1.807, 2.05) is 45.9 Å². The fraction of sp³-hybridized carbons (Fsp3) is 0.375. The van der Waals surface area contributed by atoms with Crippen LogP contribution in [0.25, 0.3) is 0 Å². The van der Waals surface area contributed by atoms with Gasteiger partial charge >= 0.3 is 5.97 Å². The van der Waals surface area contributed by atoms with Crippen LogP contribution in [-0.2, 0) is 6.61 Å². The number of carboxylic acids is 1. The second-order valence-corrected chi connectivity index (χ2v) is 6.33. The summed E-state index contributed by atoms with van der Waals surface area (Å²) in [5, 5.41) is 10.1. The van der Waals surface area contributed by atoms with Crippen LogP contribution >= 0.6 is 11.3 Å². The highest BCUT2D eigenvalue weighted by Crippen LogP contribution is 2.28. The number of benzene rings is 1. The van der Waals surface area contributed by atoms with Crippen LogP contribution in [0.15, 0.2) is 18.2 Å². The highest BCUT2D eigenvalue weighted by molar-refractivity contribution is 7.13. The summed E-state index contributed by atoms with van der Waals surface area (Å²) in [6.45, 7) is 8.12. The fourth-order valence-corrected chi connectivity index (χ4v) is 2.96. The Bertz CT molecular complexity index is 641. The van der Waals surface area contributed by atoms with E-state index >= 15 is 0 Å². The van der Waals surface area contributed by atoms with E-state index in [1.165, 1.54) is 11.3 Å². The molecule has 0 amide bonds. The molecule has 0 radical (unpaired) electrons. The number of hydrogen-bond acceptors (Lipinski definition) is 4. The van der Waals surface area contributed by atoms with Gasteiger partial charge in [-0.2, -0.15) is 0 Å². The average Bonchev–Trinajstić information content (AvgIpc) is 2.82. The van der Waals surface area contributed by atoms with Gasteiger partial charge in [0.15, 0.2) is 0 Å². The standard InChI is InChI=1S/C16H19NO3S/c1-9(2)15-17-12(14(21-15)16(18)19)8-20-13-10(3)6-5-7-11(13)4/h5-7,9H,8H2,1-4H3,(H,18,19). The van der Waals surface area contributed by atoms with E-state index in [0.717, 1.165) is 21.9 Å². The number of para-hydroxylation sites is 1. The van der Waals surface area contributed by atoms with Gasteiger partial charge in [-0.25, -0.2) is 9.78 Å². The molecular weight excluding hydrogens is 286 g/mol. The molecule has 1 aromatic carbocycles. The molecule has 0 unspecified atom stereocenters. The maximum atomic E-state index is 11.3. The first kappa shape index (κ1) is 15.5. The van der Waals surface area contributed by atoms with Gasteiger partial charge in [-0.05, 0) is 25.0 Å². The van der Waals surface area contributed by atoms with Gasteiger partial charge in [-0.15, -0.1) is 11.3 Å². The summed E-state index contributed by atoms with van der Waals surface area (Å²) in [7, 11) is 0. The Balaban J connectivity index is 2.25. The van der Waals surface area contributed by atoms with Crippen LogP contribution in [0.2, 0.25) is 0 Å². The number of aryl methyl sites for hydroxylation is 2. The van der Waals surface area contributed by atoms with Gasteiger partial charge in [0.1, 0.15) is 22.9 Å². The number of ether oxygens (including phenoxy) is 1. The Morgan fingerprint density at radius 3 is 2.48 bits per heavy atom. The van der Waals surface area contributed by atoms with Crippen LogP contribution in [0.5, 0.6) is 5.75 Å². The van der Waals surface area contributed by atoms with E-state index in [9.17, 15) is 9.90 Å². The number of aromatic carboxylic acids is 1. The third-order valence-electron chi connectivity index (χ3n) is 3.16. The summed E-state index contributed by atoms with van der Waals surface area (Å²) in [6.07, 6.45) is 0. The normalized spacial score (nSPS) is 10.9. The van der Waals surface area contributed by atoms with Gasteiger partial charge < -0.3 is 9.84 Å². The highest BCUT2D eigenvalue weighted by Gasteiger charge is 2.19. The molecule has 0 aliphatic rings. The number of nitrogens with zero attached hydrogens (tertiary/aromatic N) is 1. The Hall–Kier alpha value is -1.88. The summed E-state index contributed by atoms with van der Waals surface area (Å²) in [5.41, 5.74) is 2.57. The smallest absolute Gasteiger partial charge is 0.347 e. The van der Waals surface area contributed by atoms with Crippen molar-refractivity contribution in [1.82, 2.24) is 4.98 Å². The Morgan fingerprint density at radius 1 is 1.33 bits per heavy atom. The quantitative estimate of drug-likeness (QED) is 0.901. The summed E-state index contributed by atoms with van der Waals surface area (Å²) in [4.78, 5) is 16.0. The van der Waals surface area contributed by atoms with Crippen LogP contribution in [0.4, 0.5) is 0 Å². The van der Waals surface area contributed by atoms with Gasteiger partial charge in [-0.1, -0.05) is 32.0 Å². The van der Waals surface area contributed by atoms with E-state index in [1.54, 1.807) is 0 Å². The first-order valence-electron chi connectivity index (χ1n) is 6.82. The van der Waals surface area contributed by atoms with Crippen molar-refractivity contribution < 1.29 is 14.6 Å². The van der Waals surface area contributed by atoms with Crippen LogP contribution in [-0.4, -0.2) is 16.1 Å². The fourth-order valence-electron chi connectivity index (χ4n) is 2.05. The van der Waals surface area contributed by atoms with E-state index in [4.69, 9.17) is 4.74 Å². The van der Waals surface area contributed by atoms with Crippen molar-refractivity contribution in [2.75, 3.05) is 0 Å². The molecule has 0 fully saturated rings. The van der Waals surface area contributed by atoms with E-state index in [-0.39, 0.29) is 17.4 Å². The van der Waals surface area contributed by atoms with Crippen molar-refractivity contribution in [3.8, 4) is 5.75 Å². The van der Waals surface area contributed by atoms with Crippen molar-refractivity contribution in [1.29, 1.82) is 0 Å². The minimum Gasteiger partial charge on any atom is -0.487 e. The Labute approximate surface area is 128 Å². The molecule has 0 aliphatic heterocycles. The zero-order valence-electron chi connectivity index (χ0n) is 12.6. The lowest BCUT2D eigenvalue weighted by atomic mass is 10.1. The van der Waals surface area contributed by atoms with E-state index in [0.29, 0.717) is 5.69 Å². The number of rotatable bonds is 5. The van der Waals surface area contributed by atoms with Gasteiger partial charge in [0, 0.05) is 5.92 Å². The molecule has 4 nitrogen and oxygen atoms in total. The van der Waals surface area contributed by atoms with Crippen LogP contribution in [0.3, 0.4) is 0 Å². The second-order valence-electron chi connectivity index (χ2n) is 5.30. The molecule has 1 heterocycles. The SMILES string of the molecule is Cc1cccc(C)c1OCc1nc(C(C)C)sc1C(=O)O. The zero-order valence-corrected chi connectivity index (χ0v) is 13.5. The third-order valence-corrected chi connectivity index (χ3v) is 4.55. The maximum absolute atomic E-state index is 11.3. The summed E-state index contributed by atoms with van der Waals surface area (Å²) >= 11 is 1.23. The number of carboxylic acid groups (broad SMARTS) is 1. The molecule has 0 saturated heterocycles. The highest BCUT2D eigenvalue weighted by atomic mass is 32.1. The predicted molar refractivity (Wildman–Crippen MR) is 83.4 cm³/mol. The number of carbonyl (C=O) groups is 1. The van der Waals surface area contributed by atoms with Crippen molar-refractivity contribution in [3.05, 3.63) is 44.9 Å². The molecule has 2 rings (SSSR count). The minimum absolute atomic E-state index is 0.177. The van der Waals surface area contributed by atoms with Crippen molar-refractivity contribution in [2.24, 2.45) is 0 Å². The molecule has 2 aromatic rings. The topological polar surface area (TPSA) is 59.4 Å². The number of aromatic nitrogens is 1. The lowest BCUT2D eigenvalue weighted by molar-refractivity contribution is 0.0699. The molecule has 0 spiro atoms. The van der Waals surface area contributed by atoms with Crippen LogP contribution in [0.1, 0.15) is 51.3 Å². The van der Waals surface area contributed by atoms with E-state index in [2.05, 4.69) is 4.98 Å². The maximum Gasteiger partial charge on any atom is 0.347 e. The minimum atomic E-state index is -0.945. The molecule has 0 saturated carbocycles. The predicted octanol–water partition coefficient (Wildman–Crippen LogP) is 4.16. The molecule has 0 atom stereocenters. The molecule has 21 heavy (non-hydrogen) atoms. The lowest BCUT2D eigenvalue weighted by Crippen LogP contribution is -2.05. The lowest BCUT2D eigenvalue weighted by Gasteiger charge is -2.11. The van der Waals surface area contributed by atoms with Crippen molar-refractivity contribution >= 4 is 17.3 Å². The summed E-state index contributed by atoms with van der Waals surface area (Å²) < 4.78 is 5.82. The van der Waals surface area contributed by atoms with Gasteiger partial charge in [-0.3, -0.25) is 0 Å². The number of thiazole rings is 1.